The molecule has 1 aliphatic heterocycles. The maximum atomic E-state index is 12.5. The Morgan fingerprint density at radius 2 is 1.85 bits per heavy atom. The van der Waals surface area contributed by atoms with Crippen LogP contribution in [-0.2, 0) is 4.79 Å². The zero-order valence-electron chi connectivity index (χ0n) is 12.9. The number of rotatable bonds is 4. The number of aryl methyl sites for hydroxylation is 1. The molecule has 0 saturated carbocycles. The van der Waals surface area contributed by atoms with Gasteiger partial charge >= 0.3 is 0 Å². The minimum Gasteiger partial charge on any atom is -0.346 e. The van der Waals surface area contributed by atoms with Crippen LogP contribution in [0.3, 0.4) is 0 Å². The van der Waals surface area contributed by atoms with E-state index >= 15 is 0 Å². The lowest BCUT2D eigenvalue weighted by Crippen LogP contribution is -2.37. The van der Waals surface area contributed by atoms with E-state index < -0.39 is 0 Å². The fourth-order valence-corrected chi connectivity index (χ4v) is 3.10. The molecule has 4 nitrogen and oxygen atoms in total. The largest absolute Gasteiger partial charge is 0.346 e. The van der Waals surface area contributed by atoms with Crippen LogP contribution < -0.4 is 0 Å². The summed E-state index contributed by atoms with van der Waals surface area (Å²) in [5, 5.41) is 0. The Hall–Kier alpha value is -1.42. The summed E-state index contributed by atoms with van der Waals surface area (Å²) in [4.78, 5) is 25.8. The molecular formula is C16H24N2O2. The van der Waals surface area contributed by atoms with E-state index in [0.29, 0.717) is 44.3 Å². The lowest BCUT2D eigenvalue weighted by molar-refractivity contribution is -0.121. The van der Waals surface area contributed by atoms with Gasteiger partial charge in [0.15, 0.2) is 5.78 Å². The Morgan fingerprint density at radius 1 is 1.25 bits per heavy atom. The molecule has 0 aromatic carbocycles. The fraction of sp³-hybridized carbons (Fsp3) is 0.625. The van der Waals surface area contributed by atoms with E-state index in [4.69, 9.17) is 0 Å². The van der Waals surface area contributed by atoms with E-state index in [2.05, 4.69) is 23.3 Å². The quantitative estimate of drug-likeness (QED) is 0.794. The van der Waals surface area contributed by atoms with Gasteiger partial charge in [0, 0.05) is 48.9 Å². The molecule has 0 spiro atoms. The molecule has 2 heterocycles. The number of Topliss-reactive ketones (excluding diaryl/α,β-unsaturated/α-hetero) is 2. The number of piperidine rings is 1. The lowest BCUT2D eigenvalue weighted by atomic mass is 10.1. The monoisotopic (exact) mass is 276 g/mol. The average Bonchev–Trinajstić information content (AvgIpc) is 2.67. The maximum absolute atomic E-state index is 12.5. The Kier molecular flexibility index (Phi) is 4.43. The van der Waals surface area contributed by atoms with Crippen molar-refractivity contribution in [2.45, 2.75) is 46.6 Å². The van der Waals surface area contributed by atoms with E-state index in [-0.39, 0.29) is 5.78 Å². The maximum Gasteiger partial charge on any atom is 0.178 e. The topological polar surface area (TPSA) is 42.3 Å². The molecule has 2 rings (SSSR count). The van der Waals surface area contributed by atoms with Crippen LogP contribution in [0.15, 0.2) is 6.07 Å². The Balaban J connectivity index is 2.10. The van der Waals surface area contributed by atoms with Crippen LogP contribution in [0.2, 0.25) is 0 Å². The molecule has 0 radical (unpaired) electrons. The highest BCUT2D eigenvalue weighted by molar-refractivity contribution is 5.99. The van der Waals surface area contributed by atoms with Crippen molar-refractivity contribution in [3.63, 3.8) is 0 Å². The molecule has 1 aromatic rings. The molecule has 1 fully saturated rings. The molecule has 0 atom stereocenters. The van der Waals surface area contributed by atoms with Crippen LogP contribution in [-0.4, -0.2) is 40.7 Å². The van der Waals surface area contributed by atoms with Crippen LogP contribution in [0.5, 0.6) is 0 Å². The number of ketones is 2. The Bertz CT molecular complexity index is 519. The molecule has 0 amide bonds. The van der Waals surface area contributed by atoms with Gasteiger partial charge < -0.3 is 4.57 Å². The summed E-state index contributed by atoms with van der Waals surface area (Å²) in [5.74, 6) is 0.478. The minimum absolute atomic E-state index is 0.166. The van der Waals surface area contributed by atoms with Crippen molar-refractivity contribution in [2.75, 3.05) is 19.6 Å². The van der Waals surface area contributed by atoms with E-state index in [9.17, 15) is 9.59 Å². The molecule has 0 aliphatic carbocycles. The van der Waals surface area contributed by atoms with Gasteiger partial charge in [-0.05, 0) is 33.8 Å². The molecule has 1 aliphatic rings. The van der Waals surface area contributed by atoms with Crippen LogP contribution in [0.1, 0.15) is 54.5 Å². The summed E-state index contributed by atoms with van der Waals surface area (Å²) in [6.45, 7) is 10.2. The third-order valence-electron chi connectivity index (χ3n) is 4.08. The van der Waals surface area contributed by atoms with Gasteiger partial charge in [0.2, 0.25) is 0 Å². The van der Waals surface area contributed by atoms with Gasteiger partial charge in [-0.1, -0.05) is 0 Å². The van der Waals surface area contributed by atoms with Gasteiger partial charge in [-0.15, -0.1) is 0 Å². The van der Waals surface area contributed by atoms with Gasteiger partial charge in [0.1, 0.15) is 5.78 Å². The van der Waals surface area contributed by atoms with Crippen molar-refractivity contribution in [1.29, 1.82) is 0 Å². The van der Waals surface area contributed by atoms with E-state index in [0.717, 1.165) is 17.0 Å². The summed E-state index contributed by atoms with van der Waals surface area (Å²) in [7, 11) is 0. The second-order valence-corrected chi connectivity index (χ2v) is 5.99. The average molecular weight is 276 g/mol. The van der Waals surface area contributed by atoms with E-state index in [1.54, 1.807) is 0 Å². The highest BCUT2D eigenvalue weighted by Gasteiger charge is 2.22. The highest BCUT2D eigenvalue weighted by atomic mass is 16.1. The summed E-state index contributed by atoms with van der Waals surface area (Å²) >= 11 is 0. The van der Waals surface area contributed by atoms with Crippen molar-refractivity contribution in [2.24, 2.45) is 0 Å². The zero-order valence-corrected chi connectivity index (χ0v) is 12.9. The first-order valence-electron chi connectivity index (χ1n) is 7.36. The third-order valence-corrected chi connectivity index (χ3v) is 4.08. The Morgan fingerprint density at radius 3 is 2.35 bits per heavy atom. The highest BCUT2D eigenvalue weighted by Crippen LogP contribution is 2.21. The number of nitrogens with zero attached hydrogens (tertiary/aromatic N) is 2. The summed E-state index contributed by atoms with van der Waals surface area (Å²) in [6.07, 6.45) is 1.16. The van der Waals surface area contributed by atoms with Crippen LogP contribution >= 0.6 is 0 Å². The standard InChI is InChI=1S/C16H24N2O2/c1-11(2)18-12(3)9-15(13(18)4)16(20)10-17-7-5-14(19)6-8-17/h9,11H,5-8,10H2,1-4H3. The molecular weight excluding hydrogens is 252 g/mol. The molecule has 110 valence electrons. The second kappa shape index (κ2) is 5.92. The number of hydrogen-bond acceptors (Lipinski definition) is 3. The number of likely N-dealkylation sites (tertiary alicyclic amines) is 1. The van der Waals surface area contributed by atoms with E-state index in [1.807, 2.05) is 19.9 Å². The molecule has 1 saturated heterocycles. The van der Waals surface area contributed by atoms with Crippen LogP contribution in [0.4, 0.5) is 0 Å². The number of carbonyl (C=O) groups is 2. The molecule has 0 N–H and O–H groups in total. The first-order valence-corrected chi connectivity index (χ1v) is 7.36. The molecule has 0 bridgehead atoms. The number of aromatic nitrogens is 1. The van der Waals surface area contributed by atoms with Crippen molar-refractivity contribution >= 4 is 11.6 Å². The molecule has 4 heteroatoms. The first-order chi connectivity index (χ1) is 9.40. The predicted octanol–water partition coefficient (Wildman–Crippen LogP) is 2.53. The number of hydrogen-bond donors (Lipinski definition) is 0. The summed E-state index contributed by atoms with van der Waals surface area (Å²) in [6, 6.07) is 2.36. The van der Waals surface area contributed by atoms with Crippen LogP contribution in [0, 0.1) is 13.8 Å². The molecule has 1 aromatic heterocycles. The zero-order chi connectivity index (χ0) is 14.9. The molecule has 0 unspecified atom stereocenters. The van der Waals surface area contributed by atoms with Gasteiger partial charge in [-0.3, -0.25) is 14.5 Å². The third kappa shape index (κ3) is 3.01. The SMILES string of the molecule is Cc1cc(C(=O)CN2CCC(=O)CC2)c(C)n1C(C)C. The molecule has 20 heavy (non-hydrogen) atoms. The second-order valence-electron chi connectivity index (χ2n) is 5.99. The fourth-order valence-electron chi connectivity index (χ4n) is 3.10. The number of carbonyl (C=O) groups excluding carboxylic acids is 2. The van der Waals surface area contributed by atoms with Gasteiger partial charge in [0.05, 0.1) is 6.54 Å². The Labute approximate surface area is 120 Å². The van der Waals surface area contributed by atoms with Gasteiger partial charge in [0.25, 0.3) is 0 Å². The van der Waals surface area contributed by atoms with Gasteiger partial charge in [-0.25, -0.2) is 0 Å². The smallest absolute Gasteiger partial charge is 0.178 e. The van der Waals surface area contributed by atoms with E-state index in [1.165, 1.54) is 0 Å². The summed E-state index contributed by atoms with van der Waals surface area (Å²) in [5.41, 5.74) is 3.01. The van der Waals surface area contributed by atoms with Crippen LogP contribution in [0.25, 0.3) is 0 Å². The van der Waals surface area contributed by atoms with Crippen molar-refractivity contribution in [1.82, 2.24) is 9.47 Å². The summed E-state index contributed by atoms with van der Waals surface area (Å²) < 4.78 is 2.20. The predicted molar refractivity (Wildman–Crippen MR) is 79.3 cm³/mol. The minimum atomic E-state index is 0.166. The first kappa shape index (κ1) is 15.0. The van der Waals surface area contributed by atoms with Crippen molar-refractivity contribution in [3.8, 4) is 0 Å². The normalized spacial score (nSPS) is 16.9. The van der Waals surface area contributed by atoms with Crippen molar-refractivity contribution < 1.29 is 9.59 Å². The van der Waals surface area contributed by atoms with Crippen molar-refractivity contribution in [3.05, 3.63) is 23.0 Å². The van der Waals surface area contributed by atoms with Gasteiger partial charge in [-0.2, -0.15) is 0 Å². The lowest BCUT2D eigenvalue weighted by Gasteiger charge is -2.24.